The number of benzene rings is 2. The van der Waals surface area contributed by atoms with Crippen molar-refractivity contribution in [1.29, 1.82) is 0 Å². The molecule has 35 heavy (non-hydrogen) atoms. The molecule has 4 nitrogen and oxygen atoms in total. The SMILES string of the molecule is CC(C)N1C[C@@H](C(=O)N2C[C@@H](C)C(O)(c3ccc(F)cc3)[C@@H](C)C2)[C@H](c2ccc(F)cc2F)C1.Cl. The van der Waals surface area contributed by atoms with Gasteiger partial charge in [-0.1, -0.05) is 32.0 Å². The zero-order valence-electron chi connectivity index (χ0n) is 20.5. The summed E-state index contributed by atoms with van der Waals surface area (Å²) in [5.41, 5.74) is -0.185. The van der Waals surface area contributed by atoms with Gasteiger partial charge in [0.15, 0.2) is 0 Å². The topological polar surface area (TPSA) is 43.8 Å². The largest absolute Gasteiger partial charge is 0.384 e. The Morgan fingerprint density at radius 2 is 1.51 bits per heavy atom. The third-order valence-corrected chi connectivity index (χ3v) is 7.87. The maximum atomic E-state index is 14.7. The molecule has 2 heterocycles. The van der Waals surface area contributed by atoms with E-state index in [1.54, 1.807) is 17.0 Å². The van der Waals surface area contributed by atoms with Crippen molar-refractivity contribution >= 4 is 18.3 Å². The summed E-state index contributed by atoms with van der Waals surface area (Å²) < 4.78 is 41.7. The lowest BCUT2D eigenvalue weighted by atomic mass is 9.70. The van der Waals surface area contributed by atoms with Crippen LogP contribution in [0.15, 0.2) is 42.5 Å². The predicted molar refractivity (Wildman–Crippen MR) is 132 cm³/mol. The number of rotatable bonds is 4. The number of piperidine rings is 1. The first-order valence-corrected chi connectivity index (χ1v) is 12.0. The van der Waals surface area contributed by atoms with E-state index >= 15 is 0 Å². The number of likely N-dealkylation sites (tertiary alicyclic amines) is 2. The van der Waals surface area contributed by atoms with Crippen LogP contribution in [-0.2, 0) is 10.4 Å². The Balaban J connectivity index is 0.00000342. The normalized spacial score (nSPS) is 29.3. The average molecular weight is 511 g/mol. The van der Waals surface area contributed by atoms with Crippen LogP contribution in [0.25, 0.3) is 0 Å². The fraction of sp³-hybridized carbons (Fsp3) is 0.519. The lowest BCUT2D eigenvalue weighted by Crippen LogP contribution is -2.57. The van der Waals surface area contributed by atoms with Gasteiger partial charge in [0.1, 0.15) is 17.5 Å². The molecule has 0 spiro atoms. The highest BCUT2D eigenvalue weighted by atomic mass is 35.5. The van der Waals surface area contributed by atoms with E-state index in [0.29, 0.717) is 37.3 Å². The first kappa shape index (κ1) is 27.5. The molecule has 2 saturated heterocycles. The van der Waals surface area contributed by atoms with Crippen LogP contribution in [0.4, 0.5) is 13.2 Å². The minimum Gasteiger partial charge on any atom is -0.384 e. The quantitative estimate of drug-likeness (QED) is 0.633. The highest BCUT2D eigenvalue weighted by molar-refractivity contribution is 5.85. The Morgan fingerprint density at radius 1 is 0.943 bits per heavy atom. The van der Waals surface area contributed by atoms with Crippen LogP contribution in [-0.4, -0.2) is 53.0 Å². The molecule has 2 aliphatic heterocycles. The van der Waals surface area contributed by atoms with E-state index in [9.17, 15) is 23.1 Å². The summed E-state index contributed by atoms with van der Waals surface area (Å²) in [7, 11) is 0. The van der Waals surface area contributed by atoms with Gasteiger partial charge in [-0.2, -0.15) is 0 Å². The Hall–Kier alpha value is -2.09. The van der Waals surface area contributed by atoms with Crippen LogP contribution in [0, 0.1) is 35.2 Å². The minimum absolute atomic E-state index is 0. The van der Waals surface area contributed by atoms with E-state index in [0.717, 1.165) is 6.07 Å². The second-order valence-corrected chi connectivity index (χ2v) is 10.3. The van der Waals surface area contributed by atoms with Crippen molar-refractivity contribution in [3.05, 3.63) is 71.0 Å². The van der Waals surface area contributed by atoms with E-state index in [2.05, 4.69) is 4.90 Å². The number of halogens is 4. The lowest BCUT2D eigenvalue weighted by molar-refractivity contribution is -0.152. The van der Waals surface area contributed by atoms with Crippen molar-refractivity contribution < 1.29 is 23.1 Å². The molecule has 1 N–H and O–H groups in total. The Bertz CT molecular complexity index is 1040. The number of hydrogen-bond acceptors (Lipinski definition) is 3. The molecular formula is C27H34ClF3N2O2. The molecule has 8 heteroatoms. The molecular weight excluding hydrogens is 477 g/mol. The molecule has 2 aromatic rings. The van der Waals surface area contributed by atoms with Crippen LogP contribution in [0.1, 0.15) is 44.7 Å². The number of nitrogens with zero attached hydrogens (tertiary/aromatic N) is 2. The van der Waals surface area contributed by atoms with E-state index in [4.69, 9.17) is 0 Å². The van der Waals surface area contributed by atoms with Gasteiger partial charge in [-0.25, -0.2) is 13.2 Å². The Kier molecular flexibility index (Phi) is 8.24. The van der Waals surface area contributed by atoms with Crippen molar-refractivity contribution in [1.82, 2.24) is 9.80 Å². The van der Waals surface area contributed by atoms with Gasteiger partial charge in [0.05, 0.1) is 11.5 Å². The number of hydrogen-bond donors (Lipinski definition) is 1. The number of carbonyl (C=O) groups excluding carboxylic acids is 1. The van der Waals surface area contributed by atoms with Gasteiger partial charge in [-0.05, 0) is 43.2 Å². The van der Waals surface area contributed by atoms with Crippen molar-refractivity contribution in [3.63, 3.8) is 0 Å². The molecule has 4 rings (SSSR count). The minimum atomic E-state index is -1.19. The van der Waals surface area contributed by atoms with Crippen molar-refractivity contribution in [2.24, 2.45) is 17.8 Å². The monoisotopic (exact) mass is 510 g/mol. The third kappa shape index (κ3) is 5.09. The molecule has 2 fully saturated rings. The van der Waals surface area contributed by atoms with Gasteiger partial charge in [-0.15, -0.1) is 12.4 Å². The van der Waals surface area contributed by atoms with E-state index in [1.165, 1.54) is 24.3 Å². The second-order valence-electron chi connectivity index (χ2n) is 10.3. The van der Waals surface area contributed by atoms with Gasteiger partial charge < -0.3 is 10.0 Å². The van der Waals surface area contributed by atoms with Crippen molar-refractivity contribution in [2.45, 2.75) is 45.3 Å². The molecule has 0 saturated carbocycles. The predicted octanol–water partition coefficient (Wildman–Crippen LogP) is 4.95. The molecule has 5 atom stereocenters. The molecule has 1 amide bonds. The van der Waals surface area contributed by atoms with E-state index in [1.807, 2.05) is 27.7 Å². The number of amides is 1. The van der Waals surface area contributed by atoms with E-state index in [-0.39, 0.29) is 47.9 Å². The second kappa shape index (κ2) is 10.5. The van der Waals surface area contributed by atoms with Gasteiger partial charge in [0.25, 0.3) is 0 Å². The van der Waals surface area contributed by atoms with Gasteiger partial charge >= 0.3 is 0 Å². The summed E-state index contributed by atoms with van der Waals surface area (Å²) in [5, 5.41) is 11.6. The molecule has 0 bridgehead atoms. The first-order valence-electron chi connectivity index (χ1n) is 12.0. The molecule has 0 aromatic heterocycles. The summed E-state index contributed by atoms with van der Waals surface area (Å²) in [6.45, 7) is 9.57. The van der Waals surface area contributed by atoms with Crippen molar-refractivity contribution in [2.75, 3.05) is 26.2 Å². The number of aliphatic hydroxyl groups is 1. The highest BCUT2D eigenvalue weighted by Gasteiger charge is 2.49. The summed E-state index contributed by atoms with van der Waals surface area (Å²) in [6, 6.07) is 9.64. The van der Waals surface area contributed by atoms with Crippen LogP contribution in [0.3, 0.4) is 0 Å². The standard InChI is InChI=1S/C27H33F3N2O2.ClH/c1-16(2)31-14-23(22-10-9-21(29)11-25(22)30)24(15-31)26(33)32-12-17(3)27(34,18(4)13-32)19-5-7-20(28)8-6-19;/h5-11,16-18,23-24,34H,12-15H2,1-4H3;1H/t17-,18+,23-,24+,27?;/m0./s1. The maximum Gasteiger partial charge on any atom is 0.227 e. The van der Waals surface area contributed by atoms with Crippen LogP contribution >= 0.6 is 12.4 Å². The van der Waals surface area contributed by atoms with Crippen LogP contribution in [0.5, 0.6) is 0 Å². The summed E-state index contributed by atoms with van der Waals surface area (Å²) in [5.74, 6) is -3.10. The van der Waals surface area contributed by atoms with Crippen LogP contribution < -0.4 is 0 Å². The van der Waals surface area contributed by atoms with Crippen molar-refractivity contribution in [3.8, 4) is 0 Å². The summed E-state index contributed by atoms with van der Waals surface area (Å²) in [6.07, 6.45) is 0. The molecule has 192 valence electrons. The Morgan fingerprint density at radius 3 is 2.06 bits per heavy atom. The summed E-state index contributed by atoms with van der Waals surface area (Å²) >= 11 is 0. The zero-order valence-corrected chi connectivity index (χ0v) is 21.4. The molecule has 1 unspecified atom stereocenters. The van der Waals surface area contributed by atoms with Gasteiger partial charge in [-0.3, -0.25) is 9.69 Å². The van der Waals surface area contributed by atoms with Crippen LogP contribution in [0.2, 0.25) is 0 Å². The fourth-order valence-electron chi connectivity index (χ4n) is 5.82. The Labute approximate surface area is 211 Å². The average Bonchev–Trinajstić information content (AvgIpc) is 3.22. The highest BCUT2D eigenvalue weighted by Crippen LogP contribution is 2.43. The van der Waals surface area contributed by atoms with Gasteiger partial charge in [0.2, 0.25) is 5.91 Å². The maximum absolute atomic E-state index is 14.7. The summed E-state index contributed by atoms with van der Waals surface area (Å²) in [4.78, 5) is 17.7. The molecule has 0 radical (unpaired) electrons. The smallest absolute Gasteiger partial charge is 0.227 e. The third-order valence-electron chi connectivity index (χ3n) is 7.87. The fourth-order valence-corrected chi connectivity index (χ4v) is 5.82. The zero-order chi connectivity index (χ0) is 24.8. The molecule has 2 aliphatic rings. The molecule has 0 aliphatic carbocycles. The van der Waals surface area contributed by atoms with Gasteiger partial charge in [0, 0.05) is 56.0 Å². The number of carbonyl (C=O) groups is 1. The first-order chi connectivity index (χ1) is 16.0. The lowest BCUT2D eigenvalue weighted by Gasteiger charge is -2.48. The van der Waals surface area contributed by atoms with E-state index < -0.39 is 23.2 Å². The molecule has 2 aromatic carbocycles.